The number of hydrogen-bond donors (Lipinski definition) is 4. The van der Waals surface area contributed by atoms with E-state index in [1.807, 2.05) is 0 Å². The van der Waals surface area contributed by atoms with Crippen molar-refractivity contribution in [1.82, 2.24) is 15.0 Å². The van der Waals surface area contributed by atoms with Gasteiger partial charge in [0.2, 0.25) is 11.8 Å². The Hall–Kier alpha value is -5.22. The van der Waals surface area contributed by atoms with Crippen molar-refractivity contribution in [2.24, 2.45) is 0 Å². The molecule has 0 aliphatic heterocycles. The molecule has 0 unspecified atom stereocenters. The van der Waals surface area contributed by atoms with Crippen molar-refractivity contribution < 1.29 is 51.8 Å². The van der Waals surface area contributed by atoms with Gasteiger partial charge in [-0.15, -0.1) is 0 Å². The highest BCUT2D eigenvalue weighted by atomic mass is 16.5. The summed E-state index contributed by atoms with van der Waals surface area (Å²) in [7, 11) is 0. The van der Waals surface area contributed by atoms with Crippen molar-refractivity contribution in [3.63, 3.8) is 0 Å². The first-order valence-corrected chi connectivity index (χ1v) is 10.2. The Kier molecular flexibility index (Phi) is 12.0. The van der Waals surface area contributed by atoms with Crippen LogP contribution in [-0.4, -0.2) is 63.0 Å². The first-order chi connectivity index (χ1) is 17.5. The fourth-order valence-electron chi connectivity index (χ4n) is 1.95. The third-order valence-corrected chi connectivity index (χ3v) is 3.28. The zero-order chi connectivity index (χ0) is 28.0. The molecule has 0 aromatic carbocycles. The summed E-state index contributed by atoms with van der Waals surface area (Å²) in [4.78, 5) is 63.9. The number of nitrogens with one attached hydrogen (secondary N) is 2. The molecule has 0 spiro atoms. The normalized spacial score (nSPS) is 9.51. The third-order valence-electron chi connectivity index (χ3n) is 3.28. The molecule has 17 nitrogen and oxygen atoms in total. The Morgan fingerprint density at radius 3 is 1.54 bits per heavy atom. The van der Waals surface area contributed by atoms with Crippen LogP contribution in [0.4, 0.5) is 18.0 Å². The van der Waals surface area contributed by atoms with Gasteiger partial charge in [0.1, 0.15) is 18.8 Å². The number of esters is 2. The minimum absolute atomic E-state index is 0.0134. The number of carbonyl (C=O) groups is 5. The highest BCUT2D eigenvalue weighted by Gasteiger charge is 2.13. The van der Waals surface area contributed by atoms with Crippen LogP contribution in [0.2, 0.25) is 0 Å². The highest BCUT2D eigenvalue weighted by Crippen LogP contribution is 2.08. The zero-order valence-corrected chi connectivity index (χ0v) is 20.1. The van der Waals surface area contributed by atoms with Gasteiger partial charge < -0.3 is 33.6 Å². The molecule has 0 radical (unpaired) electrons. The Balaban J connectivity index is 0.000000280. The molecule has 0 fully saturated rings. The maximum absolute atomic E-state index is 11.1. The first kappa shape index (κ1) is 29.8. The second-order valence-corrected chi connectivity index (χ2v) is 6.26. The third kappa shape index (κ3) is 11.2. The largest absolute Gasteiger partial charge is 0.476 e. The van der Waals surface area contributed by atoms with E-state index in [0.717, 1.165) is 18.8 Å². The molecule has 0 bridgehead atoms. The van der Waals surface area contributed by atoms with Crippen molar-refractivity contribution in [3.05, 3.63) is 35.9 Å². The average molecular weight is 524 g/mol. The molecule has 0 aliphatic rings. The molecule has 3 rings (SSSR count). The van der Waals surface area contributed by atoms with E-state index in [9.17, 15) is 24.0 Å². The summed E-state index contributed by atoms with van der Waals surface area (Å²) in [6.07, 6.45) is 3.24. The summed E-state index contributed by atoms with van der Waals surface area (Å²) < 4.78 is 23.3. The number of rotatable bonds is 7. The number of aromatic carboxylic acids is 1. The summed E-state index contributed by atoms with van der Waals surface area (Å²) in [5, 5.41) is 12.9. The lowest BCUT2D eigenvalue weighted by Crippen LogP contribution is -2.08. The number of carboxylic acids is 1. The second kappa shape index (κ2) is 14.9. The van der Waals surface area contributed by atoms with E-state index in [1.165, 1.54) is 13.8 Å². The Morgan fingerprint density at radius 2 is 1.19 bits per heavy atom. The lowest BCUT2D eigenvalue weighted by atomic mass is 10.5. The van der Waals surface area contributed by atoms with Gasteiger partial charge in [0.05, 0.1) is 13.2 Å². The van der Waals surface area contributed by atoms with Crippen LogP contribution in [0.15, 0.2) is 32.0 Å². The Labute approximate surface area is 208 Å². The molecule has 37 heavy (non-hydrogen) atoms. The maximum atomic E-state index is 11.1. The highest BCUT2D eigenvalue weighted by molar-refractivity contribution is 5.90. The predicted molar refractivity (Wildman–Crippen MR) is 121 cm³/mol. The number of carbonyl (C=O) groups excluding carboxylic acids is 4. The molecule has 0 aliphatic carbocycles. The fraction of sp³-hybridized carbons (Fsp3) is 0.300. The number of oxazole rings is 3. The fourth-order valence-corrected chi connectivity index (χ4v) is 1.95. The number of anilines is 3. The number of nitrogens with zero attached hydrogens (tertiary/aromatic N) is 3. The second-order valence-electron chi connectivity index (χ2n) is 6.26. The van der Waals surface area contributed by atoms with E-state index >= 15 is 0 Å². The molecule has 3 aromatic rings. The number of carboxylic acid groups (broad SMARTS) is 1. The van der Waals surface area contributed by atoms with Gasteiger partial charge in [0.25, 0.3) is 6.01 Å². The topological polar surface area (TPSA) is 252 Å². The predicted octanol–water partition coefficient (Wildman–Crippen LogP) is 1.57. The van der Waals surface area contributed by atoms with Crippen molar-refractivity contribution >= 4 is 47.8 Å². The Bertz CT molecular complexity index is 1210. The van der Waals surface area contributed by atoms with Crippen LogP contribution >= 0.6 is 0 Å². The van der Waals surface area contributed by atoms with Crippen LogP contribution in [0.3, 0.4) is 0 Å². The lowest BCUT2D eigenvalue weighted by molar-refractivity contribution is -0.115. The smallest absolute Gasteiger partial charge is 0.360 e. The molecule has 0 saturated heterocycles. The van der Waals surface area contributed by atoms with Gasteiger partial charge in [-0.05, 0) is 13.8 Å². The lowest BCUT2D eigenvalue weighted by Gasteiger charge is -1.95. The van der Waals surface area contributed by atoms with Crippen molar-refractivity contribution in [2.75, 3.05) is 29.6 Å². The standard InChI is InChI=1S/C8H10N2O4.C6H6N2O4.C6H8N2O3/c1-3-13-7(12)6-4-14-8(10-6)9-5(2)11;1-3(9)7-6-8-4(2-12-6)5(10)11;1-2-10-5(9)4-3-11-6(7)8-4/h4H,3H2,1-2H3,(H,9,10,11);2H,1H3,(H,10,11)(H,7,8,9);3H,2H2,1H3,(H2,7,8). The molecule has 3 heterocycles. The maximum Gasteiger partial charge on any atom is 0.360 e. The number of hydrogen-bond acceptors (Lipinski definition) is 14. The quantitative estimate of drug-likeness (QED) is 0.320. The SMILES string of the molecule is CC(=O)Nc1nc(C(=O)O)co1.CCOC(=O)c1coc(N)n1.CCOC(=O)c1coc(NC(C)=O)n1. The van der Waals surface area contributed by atoms with E-state index in [1.54, 1.807) is 13.8 Å². The molecule has 5 N–H and O–H groups in total. The van der Waals surface area contributed by atoms with Crippen molar-refractivity contribution in [1.29, 1.82) is 0 Å². The van der Waals surface area contributed by atoms with Gasteiger partial charge in [-0.25, -0.2) is 14.4 Å². The molecule has 200 valence electrons. The molecular formula is C20H24N6O11. The van der Waals surface area contributed by atoms with Gasteiger partial charge in [0.15, 0.2) is 17.1 Å². The van der Waals surface area contributed by atoms with Crippen LogP contribution in [-0.2, 0) is 19.1 Å². The van der Waals surface area contributed by atoms with Crippen molar-refractivity contribution in [3.8, 4) is 0 Å². The van der Waals surface area contributed by atoms with E-state index in [0.29, 0.717) is 6.61 Å². The van der Waals surface area contributed by atoms with Gasteiger partial charge in [-0.1, -0.05) is 0 Å². The molecular weight excluding hydrogens is 500 g/mol. The van der Waals surface area contributed by atoms with E-state index in [2.05, 4.69) is 43.9 Å². The monoisotopic (exact) mass is 524 g/mol. The van der Waals surface area contributed by atoms with Gasteiger partial charge in [-0.3, -0.25) is 20.2 Å². The average Bonchev–Trinajstić information content (AvgIpc) is 3.56. The number of ether oxygens (including phenoxy) is 2. The van der Waals surface area contributed by atoms with E-state index in [4.69, 9.17) is 15.3 Å². The number of nitrogens with two attached hydrogens (primary N) is 1. The summed E-state index contributed by atoms with van der Waals surface area (Å²) in [6, 6.07) is -0.159. The minimum Gasteiger partial charge on any atom is -0.476 e. The van der Waals surface area contributed by atoms with Crippen LogP contribution in [0, 0.1) is 0 Å². The molecule has 3 aromatic heterocycles. The minimum atomic E-state index is -1.20. The number of nitrogen functional groups attached to an aromatic ring is 1. The Morgan fingerprint density at radius 1 is 0.784 bits per heavy atom. The summed E-state index contributed by atoms with van der Waals surface area (Å²) in [5.74, 6) is -2.98. The van der Waals surface area contributed by atoms with E-state index in [-0.39, 0.29) is 53.5 Å². The van der Waals surface area contributed by atoms with Crippen LogP contribution in [0.5, 0.6) is 0 Å². The van der Waals surface area contributed by atoms with Crippen LogP contribution < -0.4 is 16.4 Å². The molecule has 0 atom stereocenters. The molecule has 0 saturated carbocycles. The number of amides is 2. The zero-order valence-electron chi connectivity index (χ0n) is 20.1. The van der Waals surface area contributed by atoms with Gasteiger partial charge >= 0.3 is 29.9 Å². The summed E-state index contributed by atoms with van der Waals surface area (Å²) in [5.41, 5.74) is 5.03. The van der Waals surface area contributed by atoms with Crippen molar-refractivity contribution in [2.45, 2.75) is 27.7 Å². The molecule has 17 heteroatoms. The van der Waals surface area contributed by atoms with Crippen LogP contribution in [0.1, 0.15) is 59.2 Å². The number of aromatic nitrogens is 3. The molecule has 2 amide bonds. The first-order valence-electron chi connectivity index (χ1n) is 10.2. The van der Waals surface area contributed by atoms with Gasteiger partial charge in [0, 0.05) is 13.8 Å². The van der Waals surface area contributed by atoms with E-state index < -0.39 is 17.9 Å². The summed E-state index contributed by atoms with van der Waals surface area (Å²) in [6.45, 7) is 6.56. The van der Waals surface area contributed by atoms with Gasteiger partial charge in [-0.2, -0.15) is 15.0 Å². The van der Waals surface area contributed by atoms with Crippen LogP contribution in [0.25, 0.3) is 0 Å². The summed E-state index contributed by atoms with van der Waals surface area (Å²) >= 11 is 0.